The van der Waals surface area contributed by atoms with Crippen molar-refractivity contribution >= 4 is 23.5 Å². The zero-order valence-corrected chi connectivity index (χ0v) is 15.5. The van der Waals surface area contributed by atoms with Gasteiger partial charge in [-0.2, -0.15) is 0 Å². The zero-order chi connectivity index (χ0) is 19.1. The van der Waals surface area contributed by atoms with Gasteiger partial charge in [0.15, 0.2) is 0 Å². The summed E-state index contributed by atoms with van der Waals surface area (Å²) in [6.45, 7) is 1.42. The second-order valence-corrected chi connectivity index (χ2v) is 8.56. The van der Waals surface area contributed by atoms with Crippen molar-refractivity contribution in [2.45, 2.75) is 45.1 Å². The van der Waals surface area contributed by atoms with Crippen LogP contribution in [0.1, 0.15) is 49.4 Å². The molecule has 1 aromatic carbocycles. The van der Waals surface area contributed by atoms with Crippen molar-refractivity contribution in [3.05, 3.63) is 29.8 Å². The van der Waals surface area contributed by atoms with Crippen LogP contribution in [0.2, 0.25) is 0 Å². The van der Waals surface area contributed by atoms with E-state index in [0.717, 1.165) is 11.8 Å². The Balaban J connectivity index is 1.38. The molecule has 0 heterocycles. The predicted octanol–water partition coefficient (Wildman–Crippen LogP) is 2.90. The third kappa shape index (κ3) is 3.57. The van der Waals surface area contributed by atoms with E-state index in [1.54, 1.807) is 24.3 Å². The third-order valence-corrected chi connectivity index (χ3v) is 6.66. The van der Waals surface area contributed by atoms with Gasteiger partial charge in [0.1, 0.15) is 6.04 Å². The number of hydrogen-bond donors (Lipinski definition) is 3. The molecule has 0 radical (unpaired) electrons. The lowest BCUT2D eigenvalue weighted by atomic mass is 9.51. The van der Waals surface area contributed by atoms with Crippen LogP contribution >= 0.6 is 0 Å². The van der Waals surface area contributed by atoms with Crippen molar-refractivity contribution < 1.29 is 19.5 Å². The quantitative estimate of drug-likeness (QED) is 0.743. The molecule has 4 fully saturated rings. The third-order valence-electron chi connectivity index (χ3n) is 6.66. The summed E-state index contributed by atoms with van der Waals surface area (Å²) in [5.41, 5.74) is 1.05. The number of benzene rings is 1. The number of amides is 2. The molecule has 4 aliphatic carbocycles. The number of carbonyl (C=O) groups excluding carboxylic acids is 2. The summed E-state index contributed by atoms with van der Waals surface area (Å²) < 4.78 is 0. The average Bonchev–Trinajstić information content (AvgIpc) is 2.61. The maximum absolute atomic E-state index is 12.9. The molecule has 27 heavy (non-hydrogen) atoms. The maximum Gasteiger partial charge on any atom is 0.325 e. The van der Waals surface area contributed by atoms with Gasteiger partial charge in [-0.25, -0.2) is 0 Å². The lowest BCUT2D eigenvalue weighted by Gasteiger charge is -2.53. The van der Waals surface area contributed by atoms with Crippen LogP contribution in [-0.2, 0) is 9.59 Å². The molecular formula is C21H26N2O4. The second-order valence-electron chi connectivity index (χ2n) is 8.56. The van der Waals surface area contributed by atoms with Crippen LogP contribution < -0.4 is 10.6 Å². The monoisotopic (exact) mass is 370 g/mol. The Labute approximate surface area is 158 Å². The van der Waals surface area contributed by atoms with Gasteiger partial charge in [-0.05, 0) is 87.0 Å². The highest BCUT2D eigenvalue weighted by atomic mass is 16.4. The van der Waals surface area contributed by atoms with E-state index in [1.165, 1.54) is 39.0 Å². The molecule has 4 aliphatic rings. The number of hydrogen-bond acceptors (Lipinski definition) is 3. The molecule has 4 saturated carbocycles. The van der Waals surface area contributed by atoms with Gasteiger partial charge in [-0.1, -0.05) is 0 Å². The standard InChI is InChI=1S/C21H26N2O4/c1-11(21(26)27)22-19(24)14-2-4-17(5-3-14)23-20(25)18-15-7-12-6-13(9-15)10-16(18)8-12/h2-5,11-13,15-16,18H,6-10H2,1H3,(H,22,24)(H,23,25)(H,26,27). The molecule has 5 rings (SSSR count). The van der Waals surface area contributed by atoms with Gasteiger partial charge in [0.2, 0.25) is 5.91 Å². The smallest absolute Gasteiger partial charge is 0.325 e. The van der Waals surface area contributed by atoms with E-state index in [4.69, 9.17) is 5.11 Å². The fraction of sp³-hybridized carbons (Fsp3) is 0.571. The minimum atomic E-state index is -1.08. The summed E-state index contributed by atoms with van der Waals surface area (Å²) in [6, 6.07) is 5.67. The minimum absolute atomic E-state index is 0.112. The van der Waals surface area contributed by atoms with Crippen molar-refractivity contribution in [2.24, 2.45) is 29.6 Å². The van der Waals surface area contributed by atoms with Gasteiger partial charge in [0, 0.05) is 17.2 Å². The average molecular weight is 370 g/mol. The molecule has 6 heteroatoms. The van der Waals surface area contributed by atoms with E-state index in [-0.39, 0.29) is 11.8 Å². The number of rotatable bonds is 5. The Kier molecular flexibility index (Phi) is 4.66. The molecule has 144 valence electrons. The lowest BCUT2D eigenvalue weighted by molar-refractivity contribution is -0.138. The molecule has 1 aromatic rings. The van der Waals surface area contributed by atoms with E-state index in [2.05, 4.69) is 10.6 Å². The molecule has 0 aromatic heterocycles. The Bertz CT molecular complexity index is 730. The van der Waals surface area contributed by atoms with Crippen LogP contribution in [0.5, 0.6) is 0 Å². The first kappa shape index (κ1) is 18.0. The number of aliphatic carboxylic acids is 1. The van der Waals surface area contributed by atoms with Gasteiger partial charge in [-0.15, -0.1) is 0 Å². The highest BCUT2D eigenvalue weighted by Crippen LogP contribution is 2.56. The molecule has 1 unspecified atom stereocenters. The van der Waals surface area contributed by atoms with Crippen LogP contribution in [0.3, 0.4) is 0 Å². The van der Waals surface area contributed by atoms with Crippen molar-refractivity contribution in [3.63, 3.8) is 0 Å². The van der Waals surface area contributed by atoms with Crippen molar-refractivity contribution in [1.82, 2.24) is 5.32 Å². The molecule has 6 nitrogen and oxygen atoms in total. The number of carboxylic acid groups (broad SMARTS) is 1. The topological polar surface area (TPSA) is 95.5 Å². The van der Waals surface area contributed by atoms with Crippen molar-refractivity contribution in [3.8, 4) is 0 Å². The highest BCUT2D eigenvalue weighted by molar-refractivity contribution is 5.98. The molecule has 2 amide bonds. The van der Waals surface area contributed by atoms with Crippen LogP contribution in [-0.4, -0.2) is 28.9 Å². The van der Waals surface area contributed by atoms with Crippen LogP contribution in [0.4, 0.5) is 5.69 Å². The van der Waals surface area contributed by atoms with E-state index >= 15 is 0 Å². The predicted molar refractivity (Wildman–Crippen MR) is 100 cm³/mol. The SMILES string of the molecule is CC(NC(=O)c1ccc(NC(=O)C2C3CC4CC(C3)CC2C4)cc1)C(=O)O. The Hall–Kier alpha value is -2.37. The minimum Gasteiger partial charge on any atom is -0.480 e. The van der Waals surface area contributed by atoms with Crippen LogP contribution in [0, 0.1) is 29.6 Å². The summed E-state index contributed by atoms with van der Waals surface area (Å²) in [7, 11) is 0. The van der Waals surface area contributed by atoms with E-state index in [0.29, 0.717) is 23.1 Å². The van der Waals surface area contributed by atoms with Gasteiger partial charge >= 0.3 is 5.97 Å². The summed E-state index contributed by atoms with van der Waals surface area (Å²) in [6.07, 6.45) is 6.17. The fourth-order valence-electron chi connectivity index (χ4n) is 5.63. The molecule has 4 bridgehead atoms. The normalized spacial score (nSPS) is 32.0. The molecule has 3 N–H and O–H groups in total. The molecule has 0 spiro atoms. The Morgan fingerprint density at radius 3 is 2.04 bits per heavy atom. The van der Waals surface area contributed by atoms with Gasteiger partial charge < -0.3 is 15.7 Å². The second kappa shape index (κ2) is 6.98. The molecule has 0 aliphatic heterocycles. The Morgan fingerprint density at radius 2 is 1.52 bits per heavy atom. The molecule has 0 saturated heterocycles. The summed E-state index contributed by atoms with van der Waals surface area (Å²) >= 11 is 0. The number of carboxylic acids is 1. The first-order valence-electron chi connectivity index (χ1n) is 9.85. The van der Waals surface area contributed by atoms with Gasteiger partial charge in [-0.3, -0.25) is 14.4 Å². The van der Waals surface area contributed by atoms with Gasteiger partial charge in [0.25, 0.3) is 5.91 Å². The first-order chi connectivity index (χ1) is 12.9. The van der Waals surface area contributed by atoms with Crippen LogP contribution in [0.25, 0.3) is 0 Å². The highest BCUT2D eigenvalue weighted by Gasteiger charge is 2.50. The maximum atomic E-state index is 12.9. The van der Waals surface area contributed by atoms with E-state index in [9.17, 15) is 14.4 Å². The molecular weight excluding hydrogens is 344 g/mol. The zero-order valence-electron chi connectivity index (χ0n) is 15.5. The van der Waals surface area contributed by atoms with Crippen LogP contribution in [0.15, 0.2) is 24.3 Å². The summed E-state index contributed by atoms with van der Waals surface area (Å²) in [5.74, 6) is 1.45. The van der Waals surface area contributed by atoms with E-state index < -0.39 is 17.9 Å². The van der Waals surface area contributed by atoms with E-state index in [1.807, 2.05) is 0 Å². The fourth-order valence-corrected chi connectivity index (χ4v) is 5.63. The largest absolute Gasteiger partial charge is 0.480 e. The lowest BCUT2D eigenvalue weighted by Crippen LogP contribution is -2.49. The number of anilines is 1. The number of nitrogens with one attached hydrogen (secondary N) is 2. The molecule has 1 atom stereocenters. The van der Waals surface area contributed by atoms with Gasteiger partial charge in [0.05, 0.1) is 0 Å². The first-order valence-corrected chi connectivity index (χ1v) is 9.85. The van der Waals surface area contributed by atoms with Crippen molar-refractivity contribution in [2.75, 3.05) is 5.32 Å². The van der Waals surface area contributed by atoms with Crippen molar-refractivity contribution in [1.29, 1.82) is 0 Å². The number of carbonyl (C=O) groups is 3. The summed E-state index contributed by atoms with van der Waals surface area (Å²) in [4.78, 5) is 35.8. The Morgan fingerprint density at radius 1 is 0.963 bits per heavy atom. The summed E-state index contributed by atoms with van der Waals surface area (Å²) in [5, 5.41) is 14.3.